The smallest absolute Gasteiger partial charge is 0.251 e. The molecule has 1 amide bonds. The second-order valence-electron chi connectivity index (χ2n) is 9.30. The number of rotatable bonds is 13. The maximum absolute atomic E-state index is 13.5. The molecule has 2 aromatic rings. The third-order valence-corrected chi connectivity index (χ3v) is 8.06. The number of halogens is 3. The fourth-order valence-corrected chi connectivity index (χ4v) is 4.33. The Labute approximate surface area is 214 Å². The second kappa shape index (κ2) is 12.0. The maximum atomic E-state index is 13.5. The zero-order valence-corrected chi connectivity index (χ0v) is 21.7. The summed E-state index contributed by atoms with van der Waals surface area (Å²) >= 11 is 0. The average Bonchev–Trinajstić information content (AvgIpc) is 3.68. The van der Waals surface area contributed by atoms with E-state index in [0.29, 0.717) is 24.3 Å². The van der Waals surface area contributed by atoms with Crippen LogP contribution in [0.3, 0.4) is 0 Å². The molecule has 1 fully saturated rings. The lowest BCUT2D eigenvalue weighted by Crippen LogP contribution is -2.52. The van der Waals surface area contributed by atoms with E-state index in [2.05, 4.69) is 15.6 Å². The van der Waals surface area contributed by atoms with Crippen LogP contribution in [0.1, 0.15) is 37.0 Å². The molecule has 1 aliphatic rings. The summed E-state index contributed by atoms with van der Waals surface area (Å²) in [4.78, 5) is 17.5. The van der Waals surface area contributed by atoms with Crippen molar-refractivity contribution in [1.29, 1.82) is 0 Å². The third kappa shape index (κ3) is 7.71. The van der Waals surface area contributed by atoms with Crippen LogP contribution < -0.4 is 25.4 Å². The van der Waals surface area contributed by atoms with Gasteiger partial charge in [0, 0.05) is 37.4 Å². The Morgan fingerprint density at radius 3 is 2.41 bits per heavy atom. The van der Waals surface area contributed by atoms with Crippen LogP contribution >= 0.6 is 0 Å². The number of nitrogens with two attached hydrogens (primary N) is 1. The van der Waals surface area contributed by atoms with Gasteiger partial charge in [-0.15, -0.1) is 0 Å². The van der Waals surface area contributed by atoms with Crippen LogP contribution in [0.25, 0.3) is 0 Å². The first-order valence-corrected chi connectivity index (χ1v) is 13.4. The molecule has 0 spiro atoms. The van der Waals surface area contributed by atoms with Crippen LogP contribution in [0.15, 0.2) is 30.3 Å². The molecule has 204 valence electrons. The SMILES string of the molecule is CC(C)S(=O)(=O)N(C)c1cc(C(=O)NC(COc2cc(F)cc(F)c2)C(N)CF)cc(NCC2CC2)n1. The Bertz CT molecular complexity index is 1190. The minimum atomic E-state index is -3.73. The van der Waals surface area contributed by atoms with Crippen LogP contribution in [0.4, 0.5) is 24.8 Å². The highest BCUT2D eigenvalue weighted by Crippen LogP contribution is 2.29. The highest BCUT2D eigenvalue weighted by molar-refractivity contribution is 7.93. The second-order valence-corrected chi connectivity index (χ2v) is 11.8. The van der Waals surface area contributed by atoms with E-state index in [-0.39, 0.29) is 23.7 Å². The van der Waals surface area contributed by atoms with Gasteiger partial charge in [0.25, 0.3) is 5.91 Å². The molecule has 0 aliphatic heterocycles. The van der Waals surface area contributed by atoms with Gasteiger partial charge in [0.2, 0.25) is 10.0 Å². The zero-order valence-electron chi connectivity index (χ0n) is 20.9. The molecule has 37 heavy (non-hydrogen) atoms. The van der Waals surface area contributed by atoms with Crippen molar-refractivity contribution in [3.05, 3.63) is 47.5 Å². The summed E-state index contributed by atoms with van der Waals surface area (Å²) in [7, 11) is -2.39. The zero-order chi connectivity index (χ0) is 27.3. The number of aromatic nitrogens is 1. The predicted octanol–water partition coefficient (Wildman–Crippen LogP) is 2.83. The molecule has 3 rings (SSSR count). The molecule has 1 aromatic carbocycles. The topological polar surface area (TPSA) is 127 Å². The van der Waals surface area contributed by atoms with Crippen LogP contribution in [0.5, 0.6) is 5.75 Å². The molecule has 0 bridgehead atoms. The van der Waals surface area contributed by atoms with E-state index >= 15 is 0 Å². The largest absolute Gasteiger partial charge is 0.491 e. The molecule has 1 heterocycles. The van der Waals surface area contributed by atoms with Crippen molar-refractivity contribution in [1.82, 2.24) is 10.3 Å². The first kappa shape index (κ1) is 28.5. The quantitative estimate of drug-likeness (QED) is 0.355. The minimum absolute atomic E-state index is 0.0254. The van der Waals surface area contributed by atoms with Crippen molar-refractivity contribution < 1.29 is 31.1 Å². The fraction of sp³-hybridized carbons (Fsp3) is 0.500. The Balaban J connectivity index is 1.84. The number of nitrogens with one attached hydrogen (secondary N) is 2. The Hall–Kier alpha value is -3.06. The number of hydrogen-bond donors (Lipinski definition) is 3. The van der Waals surface area contributed by atoms with E-state index < -0.39 is 51.6 Å². The van der Waals surface area contributed by atoms with Crippen molar-refractivity contribution in [3.8, 4) is 5.75 Å². The van der Waals surface area contributed by atoms with Crippen molar-refractivity contribution >= 4 is 27.6 Å². The minimum Gasteiger partial charge on any atom is -0.491 e. The molecule has 1 saturated carbocycles. The molecule has 9 nitrogen and oxygen atoms in total. The van der Waals surface area contributed by atoms with E-state index in [1.807, 2.05) is 0 Å². The van der Waals surface area contributed by atoms with Crippen molar-refractivity contribution in [3.63, 3.8) is 0 Å². The number of alkyl halides is 1. The molecule has 1 aliphatic carbocycles. The van der Waals surface area contributed by atoms with Gasteiger partial charge in [0.05, 0.1) is 17.3 Å². The standard InChI is InChI=1S/C24H32F3N5O4S/c1-14(2)37(34,35)32(3)23-7-16(6-22(31-23)29-12-15-4-5-15)24(33)30-21(20(28)11-25)13-36-19-9-17(26)8-18(27)10-19/h6-10,14-15,20-21H,4-5,11-13,28H2,1-3H3,(H,29,31)(H,30,33). The number of carbonyl (C=O) groups is 1. The number of sulfonamides is 1. The van der Waals surface area contributed by atoms with Gasteiger partial charge >= 0.3 is 0 Å². The monoisotopic (exact) mass is 543 g/mol. The molecular formula is C24H32F3N5O4S. The van der Waals surface area contributed by atoms with Crippen molar-refractivity contribution in [2.75, 3.05) is 36.5 Å². The summed E-state index contributed by atoms with van der Waals surface area (Å²) in [5, 5.41) is 4.98. The first-order valence-electron chi connectivity index (χ1n) is 11.9. The van der Waals surface area contributed by atoms with Gasteiger partial charge in [0.1, 0.15) is 42.3 Å². The predicted molar refractivity (Wildman–Crippen MR) is 135 cm³/mol. The number of amides is 1. The van der Waals surface area contributed by atoms with E-state index in [0.717, 1.165) is 29.3 Å². The average molecular weight is 544 g/mol. The van der Waals surface area contributed by atoms with Crippen molar-refractivity contribution in [2.45, 2.75) is 44.0 Å². The van der Waals surface area contributed by atoms with E-state index in [1.165, 1.54) is 33.0 Å². The normalized spacial score (nSPS) is 15.2. The lowest BCUT2D eigenvalue weighted by atomic mass is 10.1. The molecule has 13 heteroatoms. The highest BCUT2D eigenvalue weighted by atomic mass is 32.2. The number of ether oxygens (including phenoxy) is 1. The molecule has 0 saturated heterocycles. The van der Waals surface area contributed by atoms with Gasteiger partial charge in [-0.2, -0.15) is 0 Å². The fourth-order valence-electron chi connectivity index (χ4n) is 3.35. The molecular weight excluding hydrogens is 511 g/mol. The molecule has 0 radical (unpaired) electrons. The Morgan fingerprint density at radius 2 is 1.84 bits per heavy atom. The van der Waals surface area contributed by atoms with Crippen LogP contribution in [-0.4, -0.2) is 63.5 Å². The number of carbonyl (C=O) groups excluding carboxylic acids is 1. The number of nitrogens with zero attached hydrogens (tertiary/aromatic N) is 2. The van der Waals surface area contributed by atoms with E-state index in [1.54, 1.807) is 0 Å². The number of pyridine rings is 1. The molecule has 2 atom stereocenters. The molecule has 2 unspecified atom stereocenters. The Morgan fingerprint density at radius 1 is 1.19 bits per heavy atom. The summed E-state index contributed by atoms with van der Waals surface area (Å²) in [6.07, 6.45) is 2.14. The van der Waals surface area contributed by atoms with E-state index in [4.69, 9.17) is 10.5 Å². The van der Waals surface area contributed by atoms with Crippen molar-refractivity contribution in [2.24, 2.45) is 11.7 Å². The van der Waals surface area contributed by atoms with Gasteiger partial charge < -0.3 is 21.1 Å². The highest BCUT2D eigenvalue weighted by Gasteiger charge is 2.27. The lowest BCUT2D eigenvalue weighted by molar-refractivity contribution is 0.0907. The number of benzene rings is 1. The van der Waals surface area contributed by atoms with Crippen LogP contribution in [0, 0.1) is 17.6 Å². The van der Waals surface area contributed by atoms with Gasteiger partial charge in [-0.3, -0.25) is 9.10 Å². The van der Waals surface area contributed by atoms with Gasteiger partial charge in [-0.25, -0.2) is 26.6 Å². The third-order valence-electron chi connectivity index (χ3n) is 5.92. The molecule has 1 aromatic heterocycles. The van der Waals surface area contributed by atoms with Crippen LogP contribution in [-0.2, 0) is 10.0 Å². The molecule has 4 N–H and O–H groups in total. The Kier molecular flexibility index (Phi) is 9.24. The van der Waals surface area contributed by atoms with Gasteiger partial charge in [0.15, 0.2) is 0 Å². The lowest BCUT2D eigenvalue weighted by Gasteiger charge is -2.25. The summed E-state index contributed by atoms with van der Waals surface area (Å²) in [5.41, 5.74) is 5.88. The van der Waals surface area contributed by atoms with E-state index in [9.17, 15) is 26.4 Å². The van der Waals surface area contributed by atoms with Gasteiger partial charge in [-0.05, 0) is 44.7 Å². The summed E-state index contributed by atoms with van der Waals surface area (Å²) < 4.78 is 72.1. The summed E-state index contributed by atoms with van der Waals surface area (Å²) in [6, 6.07) is 3.07. The first-order chi connectivity index (χ1) is 17.4. The summed E-state index contributed by atoms with van der Waals surface area (Å²) in [6.45, 7) is 2.30. The maximum Gasteiger partial charge on any atom is 0.251 e. The summed E-state index contributed by atoms with van der Waals surface area (Å²) in [5.74, 6) is -1.74. The van der Waals surface area contributed by atoms with Crippen LogP contribution in [0.2, 0.25) is 0 Å². The number of hydrogen-bond acceptors (Lipinski definition) is 7. The number of anilines is 2. The van der Waals surface area contributed by atoms with Gasteiger partial charge in [-0.1, -0.05) is 0 Å².